The highest BCUT2D eigenvalue weighted by Crippen LogP contribution is 2.19. The van der Waals surface area contributed by atoms with Crippen LogP contribution < -0.4 is 9.64 Å². The van der Waals surface area contributed by atoms with Crippen molar-refractivity contribution >= 4 is 10.0 Å². The Morgan fingerprint density at radius 2 is 1.58 bits per heavy atom. The van der Waals surface area contributed by atoms with Crippen LogP contribution in [0.5, 0.6) is 5.75 Å². The summed E-state index contributed by atoms with van der Waals surface area (Å²) in [5.41, 5.74) is 3.88. The fourth-order valence-electron chi connectivity index (χ4n) is 3.58. The number of nitrogens with one attached hydrogen (secondary N) is 1. The van der Waals surface area contributed by atoms with Gasteiger partial charge in [0.25, 0.3) is 0 Å². The van der Waals surface area contributed by atoms with Gasteiger partial charge >= 0.3 is 0 Å². The second-order valence-corrected chi connectivity index (χ2v) is 8.94. The number of piperazine rings is 1. The topological polar surface area (TPSA) is 51.1 Å². The van der Waals surface area contributed by atoms with E-state index >= 15 is 0 Å². The molecule has 0 aromatic heterocycles. The lowest BCUT2D eigenvalue weighted by atomic mass is 10.1. The highest BCUT2D eigenvalue weighted by Gasteiger charge is 2.30. The molecule has 0 radical (unpaired) electrons. The number of rotatable bonds is 5. The summed E-state index contributed by atoms with van der Waals surface area (Å²) in [7, 11) is -1.86. The van der Waals surface area contributed by atoms with E-state index in [0.717, 1.165) is 19.6 Å². The Hall–Kier alpha value is -1.89. The summed E-state index contributed by atoms with van der Waals surface area (Å²) in [4.78, 5) is 1.76. The third-order valence-corrected chi connectivity index (χ3v) is 6.78. The number of nitrogens with zero attached hydrogens (tertiary/aromatic N) is 1. The molecule has 6 heteroatoms. The van der Waals surface area contributed by atoms with Crippen molar-refractivity contribution in [3.8, 4) is 5.75 Å². The molecule has 2 aromatic carbocycles. The molecule has 0 atom stereocenters. The van der Waals surface area contributed by atoms with Gasteiger partial charge in [-0.05, 0) is 38.1 Å². The van der Waals surface area contributed by atoms with Gasteiger partial charge in [0.15, 0.2) is 0 Å². The van der Waals surface area contributed by atoms with E-state index in [1.165, 1.54) is 21.6 Å². The minimum absolute atomic E-state index is 0.330. The molecule has 1 saturated heterocycles. The molecule has 1 fully saturated rings. The Kier molecular flexibility index (Phi) is 5.65. The molecule has 1 aliphatic heterocycles. The number of hydrogen-bond donors (Lipinski definition) is 1. The smallest absolute Gasteiger partial charge is 0.243 e. The summed E-state index contributed by atoms with van der Waals surface area (Å²) >= 11 is 0. The van der Waals surface area contributed by atoms with Crippen molar-refractivity contribution in [3.63, 3.8) is 0 Å². The van der Waals surface area contributed by atoms with Crippen LogP contribution in [0.2, 0.25) is 0 Å². The van der Waals surface area contributed by atoms with Crippen molar-refractivity contribution < 1.29 is 18.1 Å². The van der Waals surface area contributed by atoms with E-state index < -0.39 is 10.0 Å². The average Bonchev–Trinajstić information content (AvgIpc) is 2.61. The molecule has 3 rings (SSSR count). The lowest BCUT2D eigenvalue weighted by Gasteiger charge is -2.31. The Bertz CT molecular complexity index is 835. The van der Waals surface area contributed by atoms with Gasteiger partial charge in [0.05, 0.1) is 38.2 Å². The molecule has 1 aliphatic rings. The van der Waals surface area contributed by atoms with Crippen LogP contribution in [0.3, 0.4) is 0 Å². The van der Waals surface area contributed by atoms with Crippen LogP contribution >= 0.6 is 0 Å². The van der Waals surface area contributed by atoms with Gasteiger partial charge in [-0.15, -0.1) is 0 Å². The minimum Gasteiger partial charge on any atom is -0.497 e. The quantitative estimate of drug-likeness (QED) is 0.860. The second kappa shape index (κ2) is 7.78. The van der Waals surface area contributed by atoms with Crippen LogP contribution in [0, 0.1) is 13.8 Å². The molecule has 140 valence electrons. The van der Waals surface area contributed by atoms with E-state index in [9.17, 15) is 8.42 Å². The molecule has 2 aromatic rings. The first-order valence-electron chi connectivity index (χ1n) is 8.93. The Morgan fingerprint density at radius 3 is 2.12 bits per heavy atom. The van der Waals surface area contributed by atoms with E-state index in [0.29, 0.717) is 23.7 Å². The summed E-state index contributed by atoms with van der Waals surface area (Å²) in [5, 5.41) is 0. The number of hydrogen-bond acceptors (Lipinski definition) is 3. The fourth-order valence-corrected chi connectivity index (χ4v) is 5.02. The predicted octanol–water partition coefficient (Wildman–Crippen LogP) is 1.40. The first-order chi connectivity index (χ1) is 12.4. The number of methoxy groups -OCH3 is 1. The zero-order valence-corrected chi connectivity index (χ0v) is 16.5. The summed E-state index contributed by atoms with van der Waals surface area (Å²) in [6.07, 6.45) is 0. The van der Waals surface area contributed by atoms with Crippen LogP contribution in [0.15, 0.2) is 47.4 Å². The van der Waals surface area contributed by atoms with Gasteiger partial charge in [0.2, 0.25) is 10.0 Å². The Morgan fingerprint density at radius 1 is 1.00 bits per heavy atom. The van der Waals surface area contributed by atoms with E-state index in [4.69, 9.17) is 4.74 Å². The molecule has 5 nitrogen and oxygen atoms in total. The van der Waals surface area contributed by atoms with Crippen LogP contribution in [0.4, 0.5) is 0 Å². The van der Waals surface area contributed by atoms with Crippen molar-refractivity contribution in [2.75, 3.05) is 33.3 Å². The zero-order chi connectivity index (χ0) is 18.7. The standard InChI is InChI=1S/C20H26N2O3S/c1-16-12-17(2)14-18(13-16)15-21-8-10-22(11-9-21)26(23,24)20-6-4-19(25-3)5-7-20/h4-7,12-14H,8-11,15H2,1-3H3/p+1. The molecule has 0 spiro atoms. The average molecular weight is 376 g/mol. The number of sulfonamides is 1. The third kappa shape index (κ3) is 4.26. The summed E-state index contributed by atoms with van der Waals surface area (Å²) in [6, 6.07) is 13.2. The molecule has 1 N–H and O–H groups in total. The molecule has 0 aliphatic carbocycles. The van der Waals surface area contributed by atoms with Crippen molar-refractivity contribution in [1.82, 2.24) is 4.31 Å². The lowest BCUT2D eigenvalue weighted by molar-refractivity contribution is -0.917. The third-order valence-electron chi connectivity index (χ3n) is 4.86. The van der Waals surface area contributed by atoms with Gasteiger partial charge in [-0.3, -0.25) is 0 Å². The maximum Gasteiger partial charge on any atom is 0.243 e. The van der Waals surface area contributed by atoms with Crippen LogP contribution in [0.1, 0.15) is 16.7 Å². The Labute approximate surface area is 156 Å². The zero-order valence-electron chi connectivity index (χ0n) is 15.7. The largest absolute Gasteiger partial charge is 0.497 e. The highest BCUT2D eigenvalue weighted by atomic mass is 32.2. The molecule has 1 heterocycles. The van der Waals surface area contributed by atoms with E-state index in [2.05, 4.69) is 32.0 Å². The number of quaternary nitrogens is 1. The maximum absolute atomic E-state index is 12.8. The Balaban J connectivity index is 1.63. The number of aryl methyl sites for hydroxylation is 2. The van der Waals surface area contributed by atoms with Gasteiger partial charge < -0.3 is 9.64 Å². The molecule has 0 amide bonds. The summed E-state index contributed by atoms with van der Waals surface area (Å²) in [6.45, 7) is 7.92. The molecular weight excluding hydrogens is 348 g/mol. The van der Waals surface area contributed by atoms with Crippen molar-refractivity contribution in [2.45, 2.75) is 25.3 Å². The van der Waals surface area contributed by atoms with Gasteiger partial charge in [-0.1, -0.05) is 29.3 Å². The van der Waals surface area contributed by atoms with Crippen molar-refractivity contribution in [3.05, 3.63) is 59.2 Å². The fraction of sp³-hybridized carbons (Fsp3) is 0.400. The van der Waals surface area contributed by atoms with Gasteiger partial charge in [-0.25, -0.2) is 8.42 Å². The van der Waals surface area contributed by atoms with Crippen LogP contribution in [-0.4, -0.2) is 46.0 Å². The monoisotopic (exact) mass is 375 g/mol. The van der Waals surface area contributed by atoms with Crippen LogP contribution in [0.25, 0.3) is 0 Å². The SMILES string of the molecule is COc1ccc(S(=O)(=O)N2CC[NH+](Cc3cc(C)cc(C)c3)CC2)cc1. The van der Waals surface area contributed by atoms with Gasteiger partial charge in [0.1, 0.15) is 12.3 Å². The summed E-state index contributed by atoms with van der Waals surface area (Å²) in [5.74, 6) is 0.659. The number of benzene rings is 2. The number of ether oxygens (including phenoxy) is 1. The van der Waals surface area contributed by atoms with Gasteiger partial charge in [-0.2, -0.15) is 4.31 Å². The first kappa shape index (κ1) is 18.9. The lowest BCUT2D eigenvalue weighted by Crippen LogP contribution is -3.13. The normalized spacial score (nSPS) is 16.6. The molecule has 0 bridgehead atoms. The van der Waals surface area contributed by atoms with Gasteiger partial charge in [0, 0.05) is 5.56 Å². The molecule has 0 unspecified atom stereocenters. The second-order valence-electron chi connectivity index (χ2n) is 7.00. The van der Waals surface area contributed by atoms with E-state index in [1.807, 2.05) is 0 Å². The molecule has 0 saturated carbocycles. The highest BCUT2D eigenvalue weighted by molar-refractivity contribution is 7.89. The molecule has 26 heavy (non-hydrogen) atoms. The van der Waals surface area contributed by atoms with E-state index in [-0.39, 0.29) is 0 Å². The first-order valence-corrected chi connectivity index (χ1v) is 10.4. The summed E-state index contributed by atoms with van der Waals surface area (Å²) < 4.78 is 32.3. The van der Waals surface area contributed by atoms with E-state index in [1.54, 1.807) is 35.7 Å². The van der Waals surface area contributed by atoms with Crippen molar-refractivity contribution in [1.29, 1.82) is 0 Å². The van der Waals surface area contributed by atoms with Crippen LogP contribution in [-0.2, 0) is 16.6 Å². The molecular formula is C20H27N2O3S+. The maximum atomic E-state index is 12.8. The van der Waals surface area contributed by atoms with Crippen molar-refractivity contribution in [2.24, 2.45) is 0 Å². The predicted molar refractivity (Wildman–Crippen MR) is 102 cm³/mol. The minimum atomic E-state index is -3.43.